The number of carbonyl (C=O) groups is 2. The molecule has 30 heavy (non-hydrogen) atoms. The fourth-order valence-electron chi connectivity index (χ4n) is 3.42. The molecule has 4 rings (SSSR count). The van der Waals surface area contributed by atoms with Gasteiger partial charge in [0, 0.05) is 18.0 Å². The first kappa shape index (κ1) is 19.3. The van der Waals surface area contributed by atoms with Gasteiger partial charge in [0.05, 0.1) is 12.7 Å². The lowest BCUT2D eigenvalue weighted by Crippen LogP contribution is -2.54. The van der Waals surface area contributed by atoms with Gasteiger partial charge in [-0.05, 0) is 42.8 Å². The van der Waals surface area contributed by atoms with Gasteiger partial charge in [0.2, 0.25) is 0 Å². The maximum absolute atomic E-state index is 12.9. The van der Waals surface area contributed by atoms with Crippen LogP contribution in [0.3, 0.4) is 0 Å². The second-order valence-corrected chi connectivity index (χ2v) is 6.93. The lowest BCUT2D eigenvalue weighted by Gasteiger charge is -2.33. The summed E-state index contributed by atoms with van der Waals surface area (Å²) in [7, 11) is 0. The molecule has 1 aliphatic heterocycles. The number of urea groups is 1. The Balaban J connectivity index is 1.74. The van der Waals surface area contributed by atoms with E-state index in [1.54, 1.807) is 74.0 Å². The fraction of sp³-hybridized carbons (Fsp3) is 0.143. The molecule has 9 heteroatoms. The van der Waals surface area contributed by atoms with Crippen LogP contribution in [0.4, 0.5) is 4.79 Å². The zero-order valence-electron chi connectivity index (χ0n) is 16.1. The number of ether oxygens (including phenoxy) is 1. The van der Waals surface area contributed by atoms with Crippen LogP contribution in [0, 0.1) is 6.92 Å². The average Bonchev–Trinajstić information content (AvgIpc) is 2.96. The molecule has 0 bridgehead atoms. The number of carbonyl (C=O) groups excluding carboxylic acids is 2. The number of benzene rings is 1. The normalized spacial score (nSPS) is 18.4. The molecule has 3 amide bonds. The Hall–Kier alpha value is -3.98. The van der Waals surface area contributed by atoms with E-state index in [2.05, 4.69) is 10.3 Å². The number of amides is 3. The van der Waals surface area contributed by atoms with Crippen LogP contribution < -0.4 is 21.5 Å². The summed E-state index contributed by atoms with van der Waals surface area (Å²) in [5.41, 5.74) is -0.892. The maximum atomic E-state index is 12.9. The van der Waals surface area contributed by atoms with E-state index >= 15 is 0 Å². The summed E-state index contributed by atoms with van der Waals surface area (Å²) >= 11 is 0. The van der Waals surface area contributed by atoms with E-state index < -0.39 is 17.5 Å². The van der Waals surface area contributed by atoms with Crippen molar-refractivity contribution in [3.8, 4) is 11.5 Å². The highest BCUT2D eigenvalue weighted by molar-refractivity contribution is 6.07. The van der Waals surface area contributed by atoms with Crippen molar-refractivity contribution in [1.29, 1.82) is 0 Å². The molecule has 1 aromatic carbocycles. The highest BCUT2D eigenvalue weighted by Gasteiger charge is 2.54. The summed E-state index contributed by atoms with van der Waals surface area (Å²) in [6.45, 7) is 1.54. The third kappa shape index (κ3) is 3.20. The van der Waals surface area contributed by atoms with Gasteiger partial charge in [-0.3, -0.25) is 19.9 Å². The van der Waals surface area contributed by atoms with Gasteiger partial charge < -0.3 is 9.30 Å². The molecular weight excluding hydrogens is 386 g/mol. The summed E-state index contributed by atoms with van der Waals surface area (Å²) in [6, 6.07) is 12.8. The molecule has 0 spiro atoms. The van der Waals surface area contributed by atoms with Crippen molar-refractivity contribution in [3.63, 3.8) is 0 Å². The Labute approximate surface area is 171 Å². The summed E-state index contributed by atoms with van der Waals surface area (Å²) in [5, 5.41) is 3.07. The van der Waals surface area contributed by atoms with Crippen LogP contribution in [-0.4, -0.2) is 26.5 Å². The molecule has 3 heterocycles. The topological polar surface area (TPSA) is 120 Å². The van der Waals surface area contributed by atoms with Gasteiger partial charge >= 0.3 is 6.03 Å². The molecule has 2 aromatic heterocycles. The van der Waals surface area contributed by atoms with Gasteiger partial charge in [-0.2, -0.15) is 0 Å². The van der Waals surface area contributed by atoms with Crippen LogP contribution in [0.25, 0.3) is 0 Å². The van der Waals surface area contributed by atoms with Gasteiger partial charge in [-0.15, -0.1) is 0 Å². The molecule has 3 aromatic rings. The number of nitrogens with one attached hydrogen (secondary N) is 1. The molecule has 1 atom stereocenters. The fourth-order valence-corrected chi connectivity index (χ4v) is 3.42. The zero-order chi connectivity index (χ0) is 21.3. The molecule has 1 unspecified atom stereocenters. The average molecular weight is 405 g/mol. The van der Waals surface area contributed by atoms with Crippen molar-refractivity contribution < 1.29 is 14.3 Å². The smallest absolute Gasteiger partial charge is 0.339 e. The van der Waals surface area contributed by atoms with E-state index in [4.69, 9.17) is 10.6 Å². The molecule has 0 radical (unpaired) electrons. The molecule has 3 N–H and O–H groups in total. The van der Waals surface area contributed by atoms with Crippen molar-refractivity contribution in [2.75, 3.05) is 0 Å². The SMILES string of the molecule is Cc1cccn(CC2(c3ccc(Oc4cccnc4)cc3)C(=O)NC(=O)N2N)c1=O. The molecular formula is C21H19N5O4. The Morgan fingerprint density at radius 1 is 1.07 bits per heavy atom. The van der Waals surface area contributed by atoms with E-state index in [9.17, 15) is 14.4 Å². The van der Waals surface area contributed by atoms with Crippen LogP contribution in [0.5, 0.6) is 11.5 Å². The molecule has 152 valence electrons. The first-order valence-electron chi connectivity index (χ1n) is 9.16. The van der Waals surface area contributed by atoms with Gasteiger partial charge in [-0.25, -0.2) is 15.6 Å². The van der Waals surface area contributed by atoms with Gasteiger partial charge in [0.25, 0.3) is 11.5 Å². The van der Waals surface area contributed by atoms with Gasteiger partial charge in [0.15, 0.2) is 5.54 Å². The highest BCUT2D eigenvalue weighted by Crippen LogP contribution is 2.34. The minimum absolute atomic E-state index is 0.135. The molecule has 0 saturated carbocycles. The monoisotopic (exact) mass is 405 g/mol. The van der Waals surface area contributed by atoms with Gasteiger partial charge in [0.1, 0.15) is 11.5 Å². The highest BCUT2D eigenvalue weighted by atomic mass is 16.5. The second kappa shape index (κ2) is 7.45. The van der Waals surface area contributed by atoms with Crippen molar-refractivity contribution in [2.24, 2.45) is 5.84 Å². The standard InChI is InChI=1S/C21H19N5O4/c1-14-4-3-11-25(18(14)27)13-21(19(28)24-20(29)26(21)22)15-6-8-16(9-7-15)30-17-5-2-10-23-12-17/h2-12H,13,22H2,1H3,(H,24,28,29). The number of aromatic nitrogens is 2. The molecule has 0 aliphatic carbocycles. The lowest BCUT2D eigenvalue weighted by atomic mass is 9.89. The van der Waals surface area contributed by atoms with Crippen molar-refractivity contribution >= 4 is 11.9 Å². The maximum Gasteiger partial charge on any atom is 0.339 e. The number of hydrogen-bond acceptors (Lipinski definition) is 6. The van der Waals surface area contributed by atoms with Crippen molar-refractivity contribution in [3.05, 3.63) is 88.6 Å². The Morgan fingerprint density at radius 3 is 2.47 bits per heavy atom. The number of hydrogen-bond donors (Lipinski definition) is 2. The molecule has 1 saturated heterocycles. The number of imide groups is 1. The first-order valence-corrected chi connectivity index (χ1v) is 9.16. The Bertz CT molecular complexity index is 1160. The summed E-state index contributed by atoms with van der Waals surface area (Å²) in [4.78, 5) is 41.6. The van der Waals surface area contributed by atoms with Crippen molar-refractivity contribution in [1.82, 2.24) is 19.9 Å². The first-order chi connectivity index (χ1) is 14.4. The second-order valence-electron chi connectivity index (χ2n) is 6.93. The third-order valence-corrected chi connectivity index (χ3v) is 5.04. The van der Waals surface area contributed by atoms with Crippen LogP contribution in [0.15, 0.2) is 71.9 Å². The van der Waals surface area contributed by atoms with E-state index in [0.29, 0.717) is 22.6 Å². The van der Waals surface area contributed by atoms with Gasteiger partial charge in [-0.1, -0.05) is 18.2 Å². The zero-order valence-corrected chi connectivity index (χ0v) is 16.1. The van der Waals surface area contributed by atoms with Crippen LogP contribution >= 0.6 is 0 Å². The van der Waals surface area contributed by atoms with E-state index in [0.717, 1.165) is 5.01 Å². The number of nitrogens with zero attached hydrogens (tertiary/aromatic N) is 3. The number of aryl methyl sites for hydroxylation is 1. The summed E-state index contributed by atoms with van der Waals surface area (Å²) in [6.07, 6.45) is 4.77. The van der Waals surface area contributed by atoms with E-state index in [1.165, 1.54) is 4.57 Å². The van der Waals surface area contributed by atoms with E-state index in [-0.39, 0.29) is 12.1 Å². The summed E-state index contributed by atoms with van der Waals surface area (Å²) < 4.78 is 7.10. The minimum atomic E-state index is -1.58. The molecule has 1 aliphatic rings. The predicted octanol–water partition coefficient (Wildman–Crippen LogP) is 1.67. The quantitative estimate of drug-likeness (QED) is 0.379. The number of rotatable bonds is 5. The van der Waals surface area contributed by atoms with Crippen molar-refractivity contribution in [2.45, 2.75) is 19.0 Å². The molecule has 9 nitrogen and oxygen atoms in total. The Morgan fingerprint density at radius 2 is 1.83 bits per heavy atom. The summed E-state index contributed by atoms with van der Waals surface area (Å²) in [5.74, 6) is 6.49. The predicted molar refractivity (Wildman–Crippen MR) is 107 cm³/mol. The lowest BCUT2D eigenvalue weighted by molar-refractivity contribution is -0.128. The number of nitrogens with two attached hydrogens (primary N) is 1. The van der Waals surface area contributed by atoms with Crippen LogP contribution in [0.2, 0.25) is 0 Å². The van der Waals surface area contributed by atoms with E-state index in [1.807, 2.05) is 0 Å². The number of hydrazine groups is 1. The number of pyridine rings is 2. The largest absolute Gasteiger partial charge is 0.456 e. The van der Waals surface area contributed by atoms with Crippen LogP contribution in [0.1, 0.15) is 11.1 Å². The van der Waals surface area contributed by atoms with Crippen LogP contribution in [-0.2, 0) is 16.9 Å². The minimum Gasteiger partial charge on any atom is -0.456 e. The Kier molecular flexibility index (Phi) is 4.80. The molecule has 1 fully saturated rings. The third-order valence-electron chi connectivity index (χ3n) is 5.04.